The largest absolute Gasteiger partial charge is 0.494 e. The van der Waals surface area contributed by atoms with Crippen LogP contribution in [0.3, 0.4) is 0 Å². The number of thioether (sulfide) groups is 1. The molecule has 9 heteroatoms. The van der Waals surface area contributed by atoms with Crippen LogP contribution < -0.4 is 9.64 Å². The molecular formula is C36H45N3O5S. The summed E-state index contributed by atoms with van der Waals surface area (Å²) < 4.78 is 4.88. The molecule has 5 rings (SSSR count). The zero-order valence-electron chi connectivity index (χ0n) is 26.3. The second-order valence-corrected chi connectivity index (χ2v) is 13.7. The third kappa shape index (κ3) is 6.04. The molecule has 1 spiro atoms. The number of likely N-dealkylation sites (tertiary alicyclic amines) is 1. The number of amides is 3. The molecule has 0 aromatic heterocycles. The molecule has 3 amide bonds. The summed E-state index contributed by atoms with van der Waals surface area (Å²) in [6, 6.07) is 16.6. The number of ether oxygens (including phenoxy) is 1. The van der Waals surface area contributed by atoms with Gasteiger partial charge in [-0.15, -0.1) is 24.9 Å². The number of nitrogens with zero attached hydrogens (tertiary/aromatic N) is 3. The molecule has 8 nitrogen and oxygen atoms in total. The van der Waals surface area contributed by atoms with Crippen LogP contribution in [0.4, 0.5) is 5.69 Å². The maximum atomic E-state index is 14.7. The number of anilines is 1. The lowest BCUT2D eigenvalue weighted by Gasteiger charge is -2.41. The van der Waals surface area contributed by atoms with E-state index in [0.29, 0.717) is 45.6 Å². The lowest BCUT2D eigenvalue weighted by Crippen LogP contribution is -2.57. The van der Waals surface area contributed by atoms with Gasteiger partial charge < -0.3 is 24.5 Å². The molecule has 3 fully saturated rings. The van der Waals surface area contributed by atoms with E-state index in [1.54, 1.807) is 38.6 Å². The van der Waals surface area contributed by atoms with Gasteiger partial charge in [0.25, 0.3) is 0 Å². The zero-order chi connectivity index (χ0) is 32.1. The minimum Gasteiger partial charge on any atom is -0.494 e. The van der Waals surface area contributed by atoms with Crippen molar-refractivity contribution in [2.45, 2.75) is 55.7 Å². The average Bonchev–Trinajstić information content (AvgIpc) is 3.64. The predicted molar refractivity (Wildman–Crippen MR) is 179 cm³/mol. The van der Waals surface area contributed by atoms with Gasteiger partial charge in [-0.2, -0.15) is 0 Å². The Labute approximate surface area is 271 Å². The van der Waals surface area contributed by atoms with Crippen molar-refractivity contribution in [3.63, 3.8) is 0 Å². The summed E-state index contributed by atoms with van der Waals surface area (Å²) in [6.07, 6.45) is 5.28. The molecule has 3 saturated heterocycles. The van der Waals surface area contributed by atoms with Crippen LogP contribution in [0.15, 0.2) is 79.9 Å². The van der Waals surface area contributed by atoms with Gasteiger partial charge in [-0.05, 0) is 61.9 Å². The highest BCUT2D eigenvalue weighted by atomic mass is 32.2. The SMILES string of the molecule is C=CCN(Cc1ccccc1)C(=O)C1N(CCCCO)C(=O)[C@@H]2[C@@H](C(=O)N(CC=C)c3ccc(OCC)cc3)[C@H]3CC(C)C12S3. The first-order valence-corrected chi connectivity index (χ1v) is 16.9. The van der Waals surface area contributed by atoms with Crippen LogP contribution >= 0.6 is 11.8 Å². The summed E-state index contributed by atoms with van der Waals surface area (Å²) in [5, 5.41) is 9.46. The molecule has 2 aromatic rings. The van der Waals surface area contributed by atoms with Crippen LogP contribution in [0.5, 0.6) is 5.75 Å². The number of benzene rings is 2. The van der Waals surface area contributed by atoms with Crippen molar-refractivity contribution >= 4 is 35.2 Å². The second-order valence-electron chi connectivity index (χ2n) is 12.2. The fourth-order valence-corrected chi connectivity index (χ4v) is 10.0. The van der Waals surface area contributed by atoms with E-state index in [2.05, 4.69) is 20.1 Å². The van der Waals surface area contributed by atoms with E-state index in [1.807, 2.05) is 61.5 Å². The van der Waals surface area contributed by atoms with Gasteiger partial charge in [0.15, 0.2) is 0 Å². The first kappa shape index (κ1) is 32.8. The normalized spacial score (nSPS) is 26.4. The number of unbranched alkanes of at least 4 members (excludes halogenated alkanes) is 1. The Kier molecular flexibility index (Phi) is 10.4. The Bertz CT molecular complexity index is 1380. The number of carbonyl (C=O) groups excluding carboxylic acids is 3. The summed E-state index contributed by atoms with van der Waals surface area (Å²) in [5.41, 5.74) is 1.72. The van der Waals surface area contributed by atoms with E-state index in [4.69, 9.17) is 4.74 Å². The molecule has 0 radical (unpaired) electrons. The summed E-state index contributed by atoms with van der Waals surface area (Å²) in [6.45, 7) is 13.8. The number of hydrogen-bond acceptors (Lipinski definition) is 6. The van der Waals surface area contributed by atoms with Gasteiger partial charge in [0.1, 0.15) is 11.8 Å². The van der Waals surface area contributed by atoms with Crippen LogP contribution in [-0.4, -0.2) is 81.5 Å². The van der Waals surface area contributed by atoms with Crippen LogP contribution in [0.25, 0.3) is 0 Å². The van der Waals surface area contributed by atoms with E-state index in [9.17, 15) is 19.5 Å². The molecule has 3 aliphatic rings. The summed E-state index contributed by atoms with van der Waals surface area (Å²) in [7, 11) is 0. The van der Waals surface area contributed by atoms with Crippen molar-refractivity contribution in [1.82, 2.24) is 9.80 Å². The van der Waals surface area contributed by atoms with Crippen molar-refractivity contribution < 1.29 is 24.2 Å². The first-order valence-electron chi connectivity index (χ1n) is 16.0. The van der Waals surface area contributed by atoms with E-state index >= 15 is 0 Å². The van der Waals surface area contributed by atoms with Gasteiger partial charge in [0.2, 0.25) is 17.7 Å². The smallest absolute Gasteiger partial charge is 0.247 e. The second kappa shape index (κ2) is 14.3. The third-order valence-corrected chi connectivity index (χ3v) is 11.6. The predicted octanol–water partition coefficient (Wildman–Crippen LogP) is 4.93. The number of hydrogen-bond donors (Lipinski definition) is 1. The molecule has 6 atom stereocenters. The van der Waals surface area contributed by atoms with E-state index in [-0.39, 0.29) is 35.5 Å². The fourth-order valence-electron chi connectivity index (χ4n) is 7.60. The first-order chi connectivity index (χ1) is 21.8. The van der Waals surface area contributed by atoms with E-state index in [0.717, 1.165) is 23.4 Å². The molecule has 2 bridgehead atoms. The maximum Gasteiger partial charge on any atom is 0.247 e. The van der Waals surface area contributed by atoms with Crippen molar-refractivity contribution in [1.29, 1.82) is 0 Å². The monoisotopic (exact) mass is 631 g/mol. The number of aliphatic hydroxyl groups excluding tert-OH is 1. The topological polar surface area (TPSA) is 90.4 Å². The Morgan fingerprint density at radius 2 is 1.78 bits per heavy atom. The minimum atomic E-state index is -0.729. The fraction of sp³-hybridized carbons (Fsp3) is 0.472. The Morgan fingerprint density at radius 3 is 2.42 bits per heavy atom. The van der Waals surface area contributed by atoms with Gasteiger partial charge in [0, 0.05) is 43.7 Å². The molecule has 240 valence electrons. The minimum absolute atomic E-state index is 0.0126. The Morgan fingerprint density at radius 1 is 1.07 bits per heavy atom. The van der Waals surface area contributed by atoms with Gasteiger partial charge in [-0.3, -0.25) is 14.4 Å². The number of aliphatic hydroxyl groups is 1. The molecule has 0 aliphatic carbocycles. The number of fused-ring (bicyclic) bond motifs is 1. The highest BCUT2D eigenvalue weighted by Crippen LogP contribution is 2.69. The van der Waals surface area contributed by atoms with Crippen LogP contribution in [-0.2, 0) is 20.9 Å². The van der Waals surface area contributed by atoms with Gasteiger partial charge in [-0.25, -0.2) is 0 Å². The molecular weight excluding hydrogens is 586 g/mol. The van der Waals surface area contributed by atoms with E-state index < -0.39 is 22.6 Å². The highest BCUT2D eigenvalue weighted by molar-refractivity contribution is 8.02. The molecule has 3 heterocycles. The van der Waals surface area contributed by atoms with Gasteiger partial charge in [-0.1, -0.05) is 49.4 Å². The van der Waals surface area contributed by atoms with Crippen LogP contribution in [0.1, 0.15) is 38.7 Å². The van der Waals surface area contributed by atoms with Crippen molar-refractivity contribution in [2.75, 3.05) is 37.7 Å². The number of rotatable bonds is 15. The molecule has 0 saturated carbocycles. The zero-order valence-corrected chi connectivity index (χ0v) is 27.2. The average molecular weight is 632 g/mol. The van der Waals surface area contributed by atoms with Gasteiger partial charge in [0.05, 0.1) is 23.2 Å². The van der Waals surface area contributed by atoms with Crippen LogP contribution in [0.2, 0.25) is 0 Å². The molecule has 45 heavy (non-hydrogen) atoms. The lowest BCUT2D eigenvalue weighted by atomic mass is 9.65. The quantitative estimate of drug-likeness (QED) is 0.222. The molecule has 3 aliphatic heterocycles. The summed E-state index contributed by atoms with van der Waals surface area (Å²) in [4.78, 5) is 49.1. The van der Waals surface area contributed by atoms with Crippen molar-refractivity contribution in [2.24, 2.45) is 17.8 Å². The van der Waals surface area contributed by atoms with E-state index in [1.165, 1.54) is 0 Å². The Balaban J connectivity index is 1.52. The molecule has 1 N–H and O–H groups in total. The maximum absolute atomic E-state index is 14.7. The summed E-state index contributed by atoms with van der Waals surface area (Å²) >= 11 is 1.68. The standard InChI is InChI=1S/C36H45N3O5S/c1-5-19-37(24-26-13-9-8-10-14-26)35(43)32-36-25(4)23-29(45-36)30(31(36)34(42)39(32)21-11-12-22-40)33(41)38(20-6-2)27-15-17-28(18-16-27)44-7-3/h5-6,8-10,13-18,25,29-32,40H,1-2,7,11-12,19-24H2,3-4H3/t25?,29-,30+,31+,32?,36?/m1/s1. The third-order valence-electron chi connectivity index (χ3n) is 9.49. The Hall–Kier alpha value is -3.56. The number of carbonyl (C=O) groups is 3. The van der Waals surface area contributed by atoms with Crippen molar-refractivity contribution in [3.8, 4) is 5.75 Å². The highest BCUT2D eigenvalue weighted by Gasteiger charge is 2.76. The lowest BCUT2D eigenvalue weighted by molar-refractivity contribution is -0.143. The summed E-state index contributed by atoms with van der Waals surface area (Å²) in [5.74, 6) is -0.756. The molecule has 2 aromatic carbocycles. The van der Waals surface area contributed by atoms with Crippen molar-refractivity contribution in [3.05, 3.63) is 85.5 Å². The van der Waals surface area contributed by atoms with Gasteiger partial charge >= 0.3 is 0 Å². The molecule has 3 unspecified atom stereocenters. The van der Waals surface area contributed by atoms with Crippen LogP contribution in [0, 0.1) is 17.8 Å².